The minimum Gasteiger partial charge on any atom is -0.496 e. The van der Waals surface area contributed by atoms with Crippen molar-refractivity contribution in [2.24, 2.45) is 0 Å². The van der Waals surface area contributed by atoms with E-state index in [-0.39, 0.29) is 11.5 Å². The fourth-order valence-electron chi connectivity index (χ4n) is 2.54. The lowest BCUT2D eigenvalue weighted by atomic mass is 10.1. The molecule has 0 aliphatic heterocycles. The molecule has 2 aromatic carbocycles. The van der Waals surface area contributed by atoms with Gasteiger partial charge in [0.25, 0.3) is 5.91 Å². The van der Waals surface area contributed by atoms with Gasteiger partial charge in [-0.2, -0.15) is 0 Å². The molecule has 25 heavy (non-hydrogen) atoms. The topological polar surface area (TPSA) is 51.2 Å². The van der Waals surface area contributed by atoms with Crippen LogP contribution >= 0.6 is 11.3 Å². The zero-order valence-corrected chi connectivity index (χ0v) is 14.9. The number of hydrogen-bond donors (Lipinski definition) is 1. The molecule has 0 saturated carbocycles. The van der Waals surface area contributed by atoms with Crippen LogP contribution in [0.4, 0.5) is 9.52 Å². The average Bonchev–Trinajstić information content (AvgIpc) is 2.95. The summed E-state index contributed by atoms with van der Waals surface area (Å²) in [6, 6.07) is 11.4. The van der Waals surface area contributed by atoms with Gasteiger partial charge in [0.15, 0.2) is 5.13 Å². The van der Waals surface area contributed by atoms with Crippen molar-refractivity contribution in [3.8, 4) is 17.0 Å². The number of thiazole rings is 1. The van der Waals surface area contributed by atoms with E-state index in [9.17, 15) is 9.18 Å². The van der Waals surface area contributed by atoms with Crippen LogP contribution in [0.1, 0.15) is 20.8 Å². The van der Waals surface area contributed by atoms with Gasteiger partial charge < -0.3 is 4.74 Å². The molecule has 0 aliphatic carbocycles. The summed E-state index contributed by atoms with van der Waals surface area (Å²) >= 11 is 1.38. The number of nitrogens with zero attached hydrogens (tertiary/aromatic N) is 1. The minimum absolute atomic E-state index is 0.259. The van der Waals surface area contributed by atoms with Crippen LogP contribution in [-0.4, -0.2) is 18.0 Å². The molecule has 0 spiro atoms. The first-order valence-electron chi connectivity index (χ1n) is 7.67. The molecule has 3 aromatic rings. The molecule has 0 radical (unpaired) electrons. The monoisotopic (exact) mass is 356 g/mol. The lowest BCUT2D eigenvalue weighted by molar-refractivity contribution is 0.102. The molecular formula is C19H17FN2O2S. The van der Waals surface area contributed by atoms with Gasteiger partial charge in [-0.25, -0.2) is 9.37 Å². The van der Waals surface area contributed by atoms with Crippen molar-refractivity contribution in [2.75, 3.05) is 12.4 Å². The van der Waals surface area contributed by atoms with E-state index < -0.39 is 5.82 Å². The van der Waals surface area contributed by atoms with E-state index in [2.05, 4.69) is 10.3 Å². The van der Waals surface area contributed by atoms with Crippen LogP contribution < -0.4 is 10.1 Å². The van der Waals surface area contributed by atoms with E-state index in [1.54, 1.807) is 13.2 Å². The third-order valence-corrected chi connectivity index (χ3v) is 4.66. The largest absolute Gasteiger partial charge is 0.496 e. The lowest BCUT2D eigenvalue weighted by Crippen LogP contribution is -2.11. The lowest BCUT2D eigenvalue weighted by Gasteiger charge is -2.06. The van der Waals surface area contributed by atoms with E-state index in [1.807, 2.05) is 32.0 Å². The predicted molar refractivity (Wildman–Crippen MR) is 97.9 cm³/mol. The molecule has 0 bridgehead atoms. The van der Waals surface area contributed by atoms with Crippen molar-refractivity contribution in [1.82, 2.24) is 4.98 Å². The zero-order chi connectivity index (χ0) is 18.0. The highest BCUT2D eigenvalue weighted by Gasteiger charge is 2.14. The van der Waals surface area contributed by atoms with Gasteiger partial charge in [0.2, 0.25) is 0 Å². The summed E-state index contributed by atoms with van der Waals surface area (Å²) in [6.07, 6.45) is 0. The van der Waals surface area contributed by atoms with Crippen molar-refractivity contribution in [3.63, 3.8) is 0 Å². The molecule has 0 fully saturated rings. The van der Waals surface area contributed by atoms with Gasteiger partial charge >= 0.3 is 0 Å². The first-order chi connectivity index (χ1) is 12.0. The van der Waals surface area contributed by atoms with Crippen molar-refractivity contribution in [2.45, 2.75) is 13.8 Å². The number of hydrogen-bond acceptors (Lipinski definition) is 4. The average molecular weight is 356 g/mol. The Hall–Kier alpha value is -2.73. The number of methoxy groups -OCH3 is 1. The van der Waals surface area contributed by atoms with Crippen molar-refractivity contribution in [1.29, 1.82) is 0 Å². The summed E-state index contributed by atoms with van der Waals surface area (Å²) in [6.45, 7) is 3.92. The molecule has 0 saturated heterocycles. The molecule has 1 amide bonds. The van der Waals surface area contributed by atoms with Crippen LogP contribution in [0.5, 0.6) is 5.75 Å². The highest BCUT2D eigenvalue weighted by molar-refractivity contribution is 7.16. The first kappa shape index (κ1) is 17.1. The molecule has 3 rings (SSSR count). The number of carbonyl (C=O) groups excluding carboxylic acids is 1. The Balaban J connectivity index is 1.85. The number of anilines is 1. The summed E-state index contributed by atoms with van der Waals surface area (Å²) in [4.78, 5) is 17.7. The number of aryl methyl sites for hydroxylation is 2. The summed E-state index contributed by atoms with van der Waals surface area (Å²) in [5.74, 6) is -0.0145. The smallest absolute Gasteiger partial charge is 0.257 e. The van der Waals surface area contributed by atoms with Crippen LogP contribution in [0.2, 0.25) is 0 Å². The second-order valence-corrected chi connectivity index (χ2v) is 6.78. The minimum atomic E-state index is -0.447. The fraction of sp³-hybridized carbons (Fsp3) is 0.158. The Kier molecular flexibility index (Phi) is 4.81. The number of ether oxygens (including phenoxy) is 1. The third kappa shape index (κ3) is 3.69. The van der Waals surface area contributed by atoms with Crippen molar-refractivity contribution < 1.29 is 13.9 Å². The maximum atomic E-state index is 13.3. The Morgan fingerprint density at radius 1 is 1.20 bits per heavy atom. The summed E-state index contributed by atoms with van der Waals surface area (Å²) in [5, 5.41) is 3.21. The molecule has 0 atom stereocenters. The van der Waals surface area contributed by atoms with E-state index in [1.165, 1.54) is 29.5 Å². The Morgan fingerprint density at radius 3 is 2.68 bits per heavy atom. The quantitative estimate of drug-likeness (QED) is 0.729. The highest BCUT2D eigenvalue weighted by atomic mass is 32.1. The Morgan fingerprint density at radius 2 is 2.00 bits per heavy atom. The van der Waals surface area contributed by atoms with E-state index >= 15 is 0 Å². The number of benzene rings is 2. The predicted octanol–water partition coefficient (Wildman–Crippen LogP) is 4.83. The zero-order valence-electron chi connectivity index (χ0n) is 14.1. The summed E-state index contributed by atoms with van der Waals surface area (Å²) in [7, 11) is 1.64. The summed E-state index contributed by atoms with van der Waals surface area (Å²) in [5.41, 5.74) is 3.04. The van der Waals surface area contributed by atoms with Gasteiger partial charge in [-0.15, -0.1) is 11.3 Å². The number of rotatable bonds is 4. The highest BCUT2D eigenvalue weighted by Crippen LogP contribution is 2.32. The number of aromatic nitrogens is 1. The third-order valence-electron chi connectivity index (χ3n) is 3.77. The van der Waals surface area contributed by atoms with E-state index in [4.69, 9.17) is 4.74 Å². The van der Waals surface area contributed by atoms with Crippen LogP contribution in [-0.2, 0) is 0 Å². The molecule has 128 valence electrons. The first-order valence-corrected chi connectivity index (χ1v) is 8.49. The van der Waals surface area contributed by atoms with E-state index in [0.717, 1.165) is 27.4 Å². The van der Waals surface area contributed by atoms with E-state index in [0.29, 0.717) is 5.13 Å². The number of carbonyl (C=O) groups is 1. The fourth-order valence-corrected chi connectivity index (χ4v) is 3.37. The number of nitrogens with one attached hydrogen (secondary N) is 1. The maximum Gasteiger partial charge on any atom is 0.257 e. The molecule has 4 nitrogen and oxygen atoms in total. The van der Waals surface area contributed by atoms with Crippen LogP contribution in [0.25, 0.3) is 11.3 Å². The normalized spacial score (nSPS) is 10.6. The Labute approximate surface area is 149 Å². The standard InChI is InChI=1S/C19H17FN2O2S/c1-11-9-13(7-8-16(11)24-3)17-12(2)25-19(21-17)22-18(23)14-5-4-6-15(20)10-14/h4-10H,1-3H3,(H,21,22,23). The summed E-state index contributed by atoms with van der Waals surface area (Å²) < 4.78 is 18.5. The van der Waals surface area contributed by atoms with Crippen LogP contribution in [0, 0.1) is 19.7 Å². The molecule has 1 N–H and O–H groups in total. The van der Waals surface area contributed by atoms with Crippen molar-refractivity contribution >= 4 is 22.4 Å². The second-order valence-electron chi connectivity index (χ2n) is 5.57. The van der Waals surface area contributed by atoms with Crippen LogP contribution in [0.15, 0.2) is 42.5 Å². The van der Waals surface area contributed by atoms with Gasteiger partial charge in [-0.1, -0.05) is 6.07 Å². The van der Waals surface area contributed by atoms with Gasteiger partial charge in [0, 0.05) is 16.0 Å². The number of amides is 1. The SMILES string of the molecule is COc1ccc(-c2nc(NC(=O)c3cccc(F)c3)sc2C)cc1C. The Bertz CT molecular complexity index is 937. The van der Waals surface area contributed by atoms with Crippen molar-refractivity contribution in [3.05, 3.63) is 64.3 Å². The molecule has 0 aliphatic rings. The molecule has 1 heterocycles. The number of halogens is 1. The van der Waals surface area contributed by atoms with Gasteiger partial charge in [-0.05, 0) is 55.8 Å². The van der Waals surface area contributed by atoms with Gasteiger partial charge in [0.05, 0.1) is 12.8 Å². The maximum absolute atomic E-state index is 13.3. The second kappa shape index (κ2) is 7.03. The van der Waals surface area contributed by atoms with Crippen LogP contribution in [0.3, 0.4) is 0 Å². The molecular weight excluding hydrogens is 339 g/mol. The molecule has 0 unspecified atom stereocenters. The molecule has 6 heteroatoms. The van der Waals surface area contributed by atoms with Gasteiger partial charge in [-0.3, -0.25) is 10.1 Å². The molecule has 1 aromatic heterocycles. The van der Waals surface area contributed by atoms with Gasteiger partial charge in [0.1, 0.15) is 11.6 Å².